The summed E-state index contributed by atoms with van der Waals surface area (Å²) in [6, 6.07) is 11.7. The van der Waals surface area contributed by atoms with Crippen molar-refractivity contribution >= 4 is 23.8 Å². The van der Waals surface area contributed by atoms with Crippen molar-refractivity contribution in [2.75, 3.05) is 6.54 Å². The number of pyridine rings is 1. The second-order valence-electron chi connectivity index (χ2n) is 9.23. The largest absolute Gasteiger partial charge is 0.289 e. The maximum Gasteiger partial charge on any atom is 0.274 e. The van der Waals surface area contributed by atoms with Gasteiger partial charge in [-0.05, 0) is 42.4 Å². The molecule has 0 aliphatic rings. The Morgan fingerprint density at radius 3 is 2.31 bits per heavy atom. The summed E-state index contributed by atoms with van der Waals surface area (Å²) in [5, 5.41) is 12.1. The van der Waals surface area contributed by atoms with Gasteiger partial charge in [0.15, 0.2) is 0 Å². The molecule has 1 atom stereocenters. The maximum atomic E-state index is 13.6. The Hall–Kier alpha value is -3.52. The SMILES string of the molecule is CC(C)CCC(=O)N([C@@H](CC=Cc1ccccc1)C(=O)NO)N(CC(C)C)C(=O)c1cccnc1. The van der Waals surface area contributed by atoms with Crippen molar-refractivity contribution in [2.24, 2.45) is 11.8 Å². The van der Waals surface area contributed by atoms with Gasteiger partial charge in [-0.2, -0.15) is 0 Å². The van der Waals surface area contributed by atoms with Crippen molar-refractivity contribution in [1.29, 1.82) is 0 Å². The molecule has 1 aromatic carbocycles. The molecule has 188 valence electrons. The lowest BCUT2D eigenvalue weighted by Gasteiger charge is -2.40. The van der Waals surface area contributed by atoms with E-state index in [1.807, 2.05) is 64.1 Å². The fraction of sp³-hybridized carbons (Fsp3) is 0.407. The van der Waals surface area contributed by atoms with Crippen LogP contribution >= 0.6 is 0 Å². The number of hydrogen-bond donors (Lipinski definition) is 2. The Balaban J connectivity index is 2.49. The fourth-order valence-electron chi connectivity index (χ4n) is 3.55. The number of carbonyl (C=O) groups is 3. The van der Waals surface area contributed by atoms with Gasteiger partial charge in [0.1, 0.15) is 6.04 Å². The van der Waals surface area contributed by atoms with E-state index in [0.717, 1.165) is 5.56 Å². The molecule has 0 spiro atoms. The van der Waals surface area contributed by atoms with Crippen molar-refractivity contribution in [3.05, 3.63) is 72.1 Å². The molecule has 0 aliphatic heterocycles. The summed E-state index contributed by atoms with van der Waals surface area (Å²) >= 11 is 0. The van der Waals surface area contributed by atoms with Gasteiger partial charge in [0.25, 0.3) is 11.8 Å². The molecule has 0 fully saturated rings. The van der Waals surface area contributed by atoms with Crippen LogP contribution in [0.2, 0.25) is 0 Å². The molecule has 1 aromatic heterocycles. The lowest BCUT2D eigenvalue weighted by molar-refractivity contribution is -0.160. The van der Waals surface area contributed by atoms with Crippen molar-refractivity contribution in [3.63, 3.8) is 0 Å². The smallest absolute Gasteiger partial charge is 0.274 e. The minimum absolute atomic E-state index is 0.00807. The second kappa shape index (κ2) is 14.0. The third-order valence-electron chi connectivity index (χ3n) is 5.31. The Morgan fingerprint density at radius 2 is 1.74 bits per heavy atom. The van der Waals surface area contributed by atoms with E-state index < -0.39 is 17.9 Å². The van der Waals surface area contributed by atoms with E-state index in [1.54, 1.807) is 29.9 Å². The van der Waals surface area contributed by atoms with Crippen LogP contribution in [0, 0.1) is 11.8 Å². The third kappa shape index (κ3) is 8.64. The predicted octanol–water partition coefficient (Wildman–Crippen LogP) is 4.34. The van der Waals surface area contributed by atoms with Crippen LogP contribution in [0.4, 0.5) is 0 Å². The zero-order chi connectivity index (χ0) is 25.8. The number of nitrogens with zero attached hydrogens (tertiary/aromatic N) is 3. The highest BCUT2D eigenvalue weighted by molar-refractivity contribution is 5.96. The van der Waals surface area contributed by atoms with Gasteiger partial charge in [-0.3, -0.25) is 24.6 Å². The summed E-state index contributed by atoms with van der Waals surface area (Å²) in [5.41, 5.74) is 2.92. The molecule has 8 nitrogen and oxygen atoms in total. The molecule has 0 unspecified atom stereocenters. The van der Waals surface area contributed by atoms with Crippen LogP contribution in [0.15, 0.2) is 60.9 Å². The van der Waals surface area contributed by atoms with E-state index in [9.17, 15) is 19.6 Å². The Morgan fingerprint density at radius 1 is 1.03 bits per heavy atom. The molecule has 0 bridgehead atoms. The van der Waals surface area contributed by atoms with Crippen LogP contribution in [0.3, 0.4) is 0 Å². The maximum absolute atomic E-state index is 13.6. The van der Waals surface area contributed by atoms with Gasteiger partial charge < -0.3 is 0 Å². The number of rotatable bonds is 11. The first-order valence-corrected chi connectivity index (χ1v) is 11.9. The van der Waals surface area contributed by atoms with Gasteiger partial charge >= 0.3 is 0 Å². The van der Waals surface area contributed by atoms with Gasteiger partial charge in [-0.25, -0.2) is 15.5 Å². The van der Waals surface area contributed by atoms with Gasteiger partial charge in [0.2, 0.25) is 5.91 Å². The lowest BCUT2D eigenvalue weighted by Crippen LogP contribution is -2.59. The fourth-order valence-corrected chi connectivity index (χ4v) is 3.55. The average Bonchev–Trinajstić information content (AvgIpc) is 2.86. The van der Waals surface area contributed by atoms with Crippen molar-refractivity contribution < 1.29 is 19.6 Å². The number of hydroxylamine groups is 1. The average molecular weight is 481 g/mol. The number of benzene rings is 1. The summed E-state index contributed by atoms with van der Waals surface area (Å²) in [7, 11) is 0. The molecule has 1 heterocycles. The standard InChI is InChI=1S/C27H36N4O4/c1-20(2)15-16-25(32)31(30(19-21(3)4)27(34)23-13-9-17-28-18-23)24(26(33)29-35)14-8-12-22-10-6-5-7-11-22/h5-13,17-18,20-21,24,35H,14-16,19H2,1-4H3,(H,29,33)/t24-/m0/s1. The van der Waals surface area contributed by atoms with E-state index in [2.05, 4.69) is 4.98 Å². The Labute approximate surface area is 207 Å². The monoisotopic (exact) mass is 480 g/mol. The zero-order valence-electron chi connectivity index (χ0n) is 20.9. The van der Waals surface area contributed by atoms with E-state index in [-0.39, 0.29) is 37.1 Å². The highest BCUT2D eigenvalue weighted by atomic mass is 16.5. The van der Waals surface area contributed by atoms with Crippen LogP contribution < -0.4 is 5.48 Å². The summed E-state index contributed by atoms with van der Waals surface area (Å²) in [6.07, 6.45) is 7.45. The highest BCUT2D eigenvalue weighted by Crippen LogP contribution is 2.20. The summed E-state index contributed by atoms with van der Waals surface area (Å²) < 4.78 is 0. The van der Waals surface area contributed by atoms with Gasteiger partial charge in [0.05, 0.1) is 5.56 Å². The third-order valence-corrected chi connectivity index (χ3v) is 5.31. The molecule has 2 rings (SSSR count). The van der Waals surface area contributed by atoms with Crippen molar-refractivity contribution in [2.45, 2.75) is 53.0 Å². The predicted molar refractivity (Wildman–Crippen MR) is 135 cm³/mol. The molecule has 8 heteroatoms. The molecule has 0 aliphatic carbocycles. The number of hydrogen-bond acceptors (Lipinski definition) is 5. The Bertz CT molecular complexity index is 977. The van der Waals surface area contributed by atoms with Crippen LogP contribution in [-0.4, -0.2) is 50.5 Å². The molecule has 35 heavy (non-hydrogen) atoms. The van der Waals surface area contributed by atoms with Gasteiger partial charge in [0, 0.05) is 25.4 Å². The molecule has 0 saturated carbocycles. The lowest BCUT2D eigenvalue weighted by atomic mass is 10.1. The molecule has 3 amide bonds. The zero-order valence-corrected chi connectivity index (χ0v) is 20.9. The number of hydrazine groups is 1. The van der Waals surface area contributed by atoms with E-state index in [1.165, 1.54) is 16.2 Å². The Kier molecular flexibility index (Phi) is 11.1. The molecule has 2 aromatic rings. The van der Waals surface area contributed by atoms with Gasteiger partial charge in [-0.15, -0.1) is 0 Å². The van der Waals surface area contributed by atoms with E-state index in [0.29, 0.717) is 12.0 Å². The first-order chi connectivity index (χ1) is 16.7. The molecule has 0 radical (unpaired) electrons. The summed E-state index contributed by atoms with van der Waals surface area (Å²) in [5.74, 6) is -1.30. The summed E-state index contributed by atoms with van der Waals surface area (Å²) in [6.45, 7) is 8.07. The van der Waals surface area contributed by atoms with E-state index >= 15 is 0 Å². The van der Waals surface area contributed by atoms with Crippen LogP contribution in [0.1, 0.15) is 62.9 Å². The molecule has 2 N–H and O–H groups in total. The second-order valence-corrected chi connectivity index (χ2v) is 9.23. The minimum atomic E-state index is -1.13. The van der Waals surface area contributed by atoms with Crippen LogP contribution in [-0.2, 0) is 9.59 Å². The van der Waals surface area contributed by atoms with Crippen LogP contribution in [0.5, 0.6) is 0 Å². The first kappa shape index (κ1) is 27.7. The molecular weight excluding hydrogens is 444 g/mol. The molecular formula is C27H36N4O4. The highest BCUT2D eigenvalue weighted by Gasteiger charge is 2.36. The van der Waals surface area contributed by atoms with Crippen molar-refractivity contribution in [1.82, 2.24) is 20.5 Å². The number of aromatic nitrogens is 1. The minimum Gasteiger partial charge on any atom is -0.289 e. The van der Waals surface area contributed by atoms with Gasteiger partial charge in [-0.1, -0.05) is 70.2 Å². The summed E-state index contributed by atoms with van der Waals surface area (Å²) in [4.78, 5) is 44.0. The van der Waals surface area contributed by atoms with Crippen molar-refractivity contribution in [3.8, 4) is 0 Å². The molecule has 0 saturated heterocycles. The topological polar surface area (TPSA) is 103 Å². The van der Waals surface area contributed by atoms with E-state index in [4.69, 9.17) is 0 Å². The number of carbonyl (C=O) groups excluding carboxylic acids is 3. The quantitative estimate of drug-likeness (QED) is 0.368. The van der Waals surface area contributed by atoms with Crippen LogP contribution in [0.25, 0.3) is 6.08 Å². The number of amides is 3. The first-order valence-electron chi connectivity index (χ1n) is 11.9. The number of nitrogens with one attached hydrogen (secondary N) is 1. The normalized spacial score (nSPS) is 12.1.